The third-order valence-corrected chi connectivity index (χ3v) is 8.87. The number of nitrogens with zero attached hydrogens (tertiary/aromatic N) is 4. The van der Waals surface area contributed by atoms with Crippen LogP contribution in [0, 0.1) is 12.8 Å². The number of nitrogens with two attached hydrogens (primary N) is 1. The molecule has 1 saturated carbocycles. The minimum Gasteiger partial charge on any atom is -0.494 e. The molecule has 1 aliphatic carbocycles. The SMILES string of the molecule is COc1cc(C(=O)N2CCC[C@@H](N)C2)cn2nc(-c3cc4ccc(-c5cccc(CO)c5)cc4n3CC3CC3)c(C)c12. The zero-order valence-corrected chi connectivity index (χ0v) is 24.2. The topological polar surface area (TPSA) is 98.0 Å². The lowest BCUT2D eigenvalue weighted by Crippen LogP contribution is -2.45. The van der Waals surface area contributed by atoms with E-state index in [0.29, 0.717) is 30.3 Å². The molecule has 0 unspecified atom stereocenters. The van der Waals surface area contributed by atoms with Gasteiger partial charge in [-0.3, -0.25) is 4.79 Å². The molecule has 5 aromatic rings. The van der Waals surface area contributed by atoms with E-state index in [1.54, 1.807) is 7.11 Å². The molecule has 0 bridgehead atoms. The summed E-state index contributed by atoms with van der Waals surface area (Å²) in [7, 11) is 1.64. The van der Waals surface area contributed by atoms with Gasteiger partial charge in [0.1, 0.15) is 17.0 Å². The van der Waals surface area contributed by atoms with Gasteiger partial charge in [-0.2, -0.15) is 5.10 Å². The van der Waals surface area contributed by atoms with Gasteiger partial charge < -0.3 is 25.0 Å². The highest BCUT2D eigenvalue weighted by Gasteiger charge is 2.28. The Morgan fingerprint density at radius 2 is 1.93 bits per heavy atom. The minimum atomic E-state index is -0.0410. The lowest BCUT2D eigenvalue weighted by molar-refractivity contribution is 0.0707. The van der Waals surface area contributed by atoms with Gasteiger partial charge in [0.15, 0.2) is 0 Å². The van der Waals surface area contributed by atoms with E-state index in [1.165, 1.54) is 18.4 Å². The molecule has 1 aliphatic heterocycles. The minimum absolute atomic E-state index is 0.0133. The van der Waals surface area contributed by atoms with E-state index in [4.69, 9.17) is 15.6 Å². The molecule has 8 nitrogen and oxygen atoms in total. The first-order chi connectivity index (χ1) is 20.4. The van der Waals surface area contributed by atoms with E-state index in [9.17, 15) is 9.90 Å². The number of methoxy groups -OCH3 is 1. The van der Waals surface area contributed by atoms with Crippen LogP contribution in [0.2, 0.25) is 0 Å². The molecule has 1 atom stereocenters. The molecule has 0 spiro atoms. The first kappa shape index (κ1) is 26.7. The first-order valence-electron chi connectivity index (χ1n) is 14.9. The number of amides is 1. The lowest BCUT2D eigenvalue weighted by atomic mass is 10.0. The molecule has 2 aliphatic rings. The molecular weight excluding hydrogens is 526 g/mol. The van der Waals surface area contributed by atoms with Crippen molar-refractivity contribution in [2.45, 2.75) is 51.8 Å². The Morgan fingerprint density at radius 3 is 2.69 bits per heavy atom. The second kappa shape index (κ2) is 10.6. The molecule has 42 heavy (non-hydrogen) atoms. The van der Waals surface area contributed by atoms with Crippen LogP contribution in [0.1, 0.15) is 47.2 Å². The van der Waals surface area contributed by atoms with E-state index in [1.807, 2.05) is 39.9 Å². The Hall–Kier alpha value is -4.14. The highest BCUT2D eigenvalue weighted by molar-refractivity contribution is 5.96. The number of piperidine rings is 1. The third-order valence-electron chi connectivity index (χ3n) is 8.87. The number of carbonyl (C=O) groups excluding carboxylic acids is 1. The summed E-state index contributed by atoms with van der Waals surface area (Å²) in [5.74, 6) is 1.25. The van der Waals surface area contributed by atoms with Crippen molar-refractivity contribution < 1.29 is 14.6 Å². The molecule has 216 valence electrons. The normalized spacial score (nSPS) is 17.3. The van der Waals surface area contributed by atoms with Gasteiger partial charge in [0.25, 0.3) is 5.91 Å². The number of rotatable bonds is 7. The van der Waals surface area contributed by atoms with E-state index in [0.717, 1.165) is 63.9 Å². The number of benzene rings is 2. The van der Waals surface area contributed by atoms with Crippen LogP contribution in [-0.4, -0.2) is 56.3 Å². The Morgan fingerprint density at radius 1 is 1.10 bits per heavy atom. The van der Waals surface area contributed by atoms with Crippen LogP contribution >= 0.6 is 0 Å². The summed E-state index contributed by atoms with van der Waals surface area (Å²) >= 11 is 0. The average Bonchev–Trinajstić information content (AvgIpc) is 3.69. The Labute approximate surface area is 245 Å². The van der Waals surface area contributed by atoms with Crippen LogP contribution in [0.15, 0.2) is 60.8 Å². The van der Waals surface area contributed by atoms with Crippen molar-refractivity contribution in [3.05, 3.63) is 77.5 Å². The average molecular weight is 564 g/mol. The van der Waals surface area contributed by atoms with Gasteiger partial charge in [-0.15, -0.1) is 0 Å². The van der Waals surface area contributed by atoms with Crippen LogP contribution in [0.25, 0.3) is 38.9 Å². The molecule has 0 radical (unpaired) electrons. The molecule has 2 fully saturated rings. The molecule has 2 aromatic carbocycles. The fourth-order valence-corrected chi connectivity index (χ4v) is 6.41. The molecule has 8 heteroatoms. The number of hydrogen-bond acceptors (Lipinski definition) is 5. The number of aliphatic hydroxyl groups is 1. The summed E-state index contributed by atoms with van der Waals surface area (Å²) in [5.41, 5.74) is 14.8. The van der Waals surface area contributed by atoms with Crippen LogP contribution in [-0.2, 0) is 13.2 Å². The quantitative estimate of drug-likeness (QED) is 0.276. The second-order valence-corrected chi connectivity index (χ2v) is 11.9. The summed E-state index contributed by atoms with van der Waals surface area (Å²) in [6, 6.07) is 18.7. The maximum absolute atomic E-state index is 13.5. The zero-order valence-electron chi connectivity index (χ0n) is 24.2. The first-order valence-corrected chi connectivity index (χ1v) is 14.9. The van der Waals surface area contributed by atoms with Gasteiger partial charge in [-0.05, 0) is 79.5 Å². The van der Waals surface area contributed by atoms with Crippen molar-refractivity contribution in [2.75, 3.05) is 20.2 Å². The van der Waals surface area contributed by atoms with E-state index >= 15 is 0 Å². The zero-order chi connectivity index (χ0) is 29.0. The fourth-order valence-electron chi connectivity index (χ4n) is 6.41. The molecular formula is C34H37N5O3. The summed E-state index contributed by atoms with van der Waals surface area (Å²) in [6.45, 7) is 4.31. The summed E-state index contributed by atoms with van der Waals surface area (Å²) < 4.78 is 10.0. The largest absolute Gasteiger partial charge is 0.494 e. The van der Waals surface area contributed by atoms with Crippen molar-refractivity contribution >= 4 is 22.3 Å². The van der Waals surface area contributed by atoms with E-state index < -0.39 is 0 Å². The van der Waals surface area contributed by atoms with Gasteiger partial charge >= 0.3 is 0 Å². The van der Waals surface area contributed by atoms with E-state index in [-0.39, 0.29) is 18.6 Å². The second-order valence-electron chi connectivity index (χ2n) is 11.9. The number of hydrogen-bond donors (Lipinski definition) is 2. The maximum atomic E-state index is 13.5. The summed E-state index contributed by atoms with van der Waals surface area (Å²) in [4.78, 5) is 15.3. The summed E-state index contributed by atoms with van der Waals surface area (Å²) in [5, 5.41) is 15.9. The Balaban J connectivity index is 1.34. The Bertz CT molecular complexity index is 1820. The van der Waals surface area contributed by atoms with Gasteiger partial charge in [-0.25, -0.2) is 4.52 Å². The smallest absolute Gasteiger partial charge is 0.255 e. The number of aliphatic hydroxyl groups excluding tert-OH is 1. The number of pyridine rings is 1. The van der Waals surface area contributed by atoms with Gasteiger partial charge in [0, 0.05) is 48.3 Å². The molecule has 1 amide bonds. The fraction of sp³-hybridized carbons (Fsp3) is 0.353. The number of carbonyl (C=O) groups is 1. The Kier molecular flexibility index (Phi) is 6.75. The van der Waals surface area contributed by atoms with Crippen molar-refractivity contribution in [3.63, 3.8) is 0 Å². The highest BCUT2D eigenvalue weighted by Crippen LogP contribution is 2.39. The van der Waals surface area contributed by atoms with E-state index in [2.05, 4.69) is 41.8 Å². The van der Waals surface area contributed by atoms with Crippen molar-refractivity contribution in [2.24, 2.45) is 11.7 Å². The summed E-state index contributed by atoms with van der Waals surface area (Å²) in [6.07, 6.45) is 6.16. The standard InChI is InChI=1S/C34H37N5O3/c1-21-32(36-39-18-27(16-31(42-2)33(21)39)34(41)37-12-4-7-28(35)19-37)30-15-26-11-10-25(24-6-3-5-23(13-24)20-40)14-29(26)38(30)17-22-8-9-22/h3,5-6,10-11,13-16,18,22,28,40H,4,7-9,12,17,19-20,35H2,1-2H3/t28-/m1/s1. The molecule has 7 rings (SSSR count). The molecule has 3 aromatic heterocycles. The number of likely N-dealkylation sites (tertiary alicyclic amines) is 1. The van der Waals surface area contributed by atoms with Crippen LogP contribution in [0.4, 0.5) is 0 Å². The number of fused-ring (bicyclic) bond motifs is 2. The number of aryl methyl sites for hydroxylation is 1. The van der Waals surface area contributed by atoms with Crippen LogP contribution < -0.4 is 10.5 Å². The van der Waals surface area contributed by atoms with Crippen molar-refractivity contribution in [1.29, 1.82) is 0 Å². The lowest BCUT2D eigenvalue weighted by Gasteiger charge is -2.30. The number of aromatic nitrogens is 3. The highest BCUT2D eigenvalue weighted by atomic mass is 16.5. The van der Waals surface area contributed by atoms with Crippen LogP contribution in [0.5, 0.6) is 5.75 Å². The monoisotopic (exact) mass is 563 g/mol. The van der Waals surface area contributed by atoms with Gasteiger partial charge in [-0.1, -0.05) is 30.3 Å². The molecule has 1 saturated heterocycles. The van der Waals surface area contributed by atoms with Crippen LogP contribution in [0.3, 0.4) is 0 Å². The molecule has 4 heterocycles. The number of ether oxygens (including phenoxy) is 1. The predicted octanol–water partition coefficient (Wildman–Crippen LogP) is 5.41. The van der Waals surface area contributed by atoms with Crippen molar-refractivity contribution in [3.8, 4) is 28.3 Å². The third kappa shape index (κ3) is 4.74. The van der Waals surface area contributed by atoms with Crippen molar-refractivity contribution in [1.82, 2.24) is 19.1 Å². The predicted molar refractivity (Wildman–Crippen MR) is 165 cm³/mol. The maximum Gasteiger partial charge on any atom is 0.255 e. The van der Waals surface area contributed by atoms with Gasteiger partial charge in [0.05, 0.1) is 25.0 Å². The molecule has 3 N–H and O–H groups in total. The van der Waals surface area contributed by atoms with Gasteiger partial charge in [0.2, 0.25) is 0 Å².